The number of piperazine rings is 1. The number of carboxylic acids is 1. The molecule has 2 atom stereocenters. The van der Waals surface area contributed by atoms with Gasteiger partial charge in [0.15, 0.2) is 0 Å². The Bertz CT molecular complexity index is 731. The molecule has 0 aliphatic carbocycles. The van der Waals surface area contributed by atoms with Crippen molar-refractivity contribution in [3.8, 4) is 0 Å². The van der Waals surface area contributed by atoms with Gasteiger partial charge in [0.05, 0.1) is 6.04 Å². The fourth-order valence-corrected chi connectivity index (χ4v) is 3.68. The first-order valence-electron chi connectivity index (χ1n) is 9.16. The summed E-state index contributed by atoms with van der Waals surface area (Å²) in [6.45, 7) is 5.06. The van der Waals surface area contributed by atoms with E-state index in [-0.39, 0.29) is 18.9 Å². The van der Waals surface area contributed by atoms with Crippen LogP contribution in [0.5, 0.6) is 0 Å². The third-order valence-electron chi connectivity index (χ3n) is 4.98. The van der Waals surface area contributed by atoms with Crippen LogP contribution in [0.25, 0.3) is 0 Å². The van der Waals surface area contributed by atoms with E-state index >= 15 is 0 Å². The van der Waals surface area contributed by atoms with Crippen molar-refractivity contribution >= 4 is 17.6 Å². The van der Waals surface area contributed by atoms with Crippen LogP contribution in [0.2, 0.25) is 5.02 Å². The van der Waals surface area contributed by atoms with E-state index < -0.39 is 5.97 Å². The topological polar surface area (TPSA) is 53.0 Å². The number of hydrogen-bond acceptors (Lipinski definition) is 4. The molecule has 2 unspecified atom stereocenters. The maximum absolute atomic E-state index is 10.7. The summed E-state index contributed by atoms with van der Waals surface area (Å²) in [5, 5.41) is 9.52. The maximum Gasteiger partial charge on any atom is 0.329 e. The molecular formula is C21H25ClN2O3. The number of halogens is 1. The van der Waals surface area contributed by atoms with Crippen molar-refractivity contribution in [2.75, 3.05) is 32.8 Å². The number of nitrogens with zero attached hydrogens (tertiary/aromatic N) is 2. The van der Waals surface area contributed by atoms with Gasteiger partial charge in [-0.3, -0.25) is 9.80 Å². The SMILES string of the molecule is CC(OCC(=O)O)N1CCN(C(c2ccccc2)c2ccc(Cl)cc2)CC1. The molecule has 0 spiro atoms. The van der Waals surface area contributed by atoms with Crippen molar-refractivity contribution < 1.29 is 14.6 Å². The number of carboxylic acid groups (broad SMARTS) is 1. The second kappa shape index (κ2) is 9.33. The highest BCUT2D eigenvalue weighted by Crippen LogP contribution is 2.30. The lowest BCUT2D eigenvalue weighted by molar-refractivity contribution is -0.149. The van der Waals surface area contributed by atoms with Crippen LogP contribution in [0.4, 0.5) is 0 Å². The van der Waals surface area contributed by atoms with E-state index in [4.69, 9.17) is 21.4 Å². The van der Waals surface area contributed by atoms with Gasteiger partial charge in [-0.05, 0) is 30.2 Å². The lowest BCUT2D eigenvalue weighted by Crippen LogP contribution is -2.51. The van der Waals surface area contributed by atoms with Crippen LogP contribution in [0, 0.1) is 0 Å². The molecule has 144 valence electrons. The zero-order valence-electron chi connectivity index (χ0n) is 15.4. The Morgan fingerprint density at radius 1 is 1.00 bits per heavy atom. The van der Waals surface area contributed by atoms with Gasteiger partial charge in [0.25, 0.3) is 0 Å². The Morgan fingerprint density at radius 3 is 2.15 bits per heavy atom. The fourth-order valence-electron chi connectivity index (χ4n) is 3.55. The second-order valence-corrected chi connectivity index (χ2v) is 7.18. The standard InChI is InChI=1S/C21H25ClN2O3/c1-16(27-15-20(25)26)23-11-13-24(14-12-23)21(17-5-3-2-4-6-17)18-7-9-19(22)10-8-18/h2-10,16,21H,11-15H2,1H3,(H,25,26). The number of carbonyl (C=O) groups is 1. The molecule has 1 N–H and O–H groups in total. The summed E-state index contributed by atoms with van der Waals surface area (Å²) in [7, 11) is 0. The predicted octanol–water partition coefficient (Wildman–Crippen LogP) is 3.49. The van der Waals surface area contributed by atoms with E-state index in [9.17, 15) is 4.79 Å². The normalized spacial score (nSPS) is 18.1. The van der Waals surface area contributed by atoms with Crippen molar-refractivity contribution in [2.45, 2.75) is 19.2 Å². The Balaban J connectivity index is 1.71. The average molecular weight is 389 g/mol. The van der Waals surface area contributed by atoms with Gasteiger partial charge in [-0.15, -0.1) is 0 Å². The zero-order chi connectivity index (χ0) is 19.2. The molecule has 1 aliphatic heterocycles. The van der Waals surface area contributed by atoms with Gasteiger partial charge in [-0.1, -0.05) is 54.1 Å². The Hall–Kier alpha value is -1.92. The predicted molar refractivity (Wildman–Crippen MR) is 106 cm³/mol. The van der Waals surface area contributed by atoms with E-state index in [1.165, 1.54) is 11.1 Å². The Morgan fingerprint density at radius 2 is 1.56 bits per heavy atom. The van der Waals surface area contributed by atoms with E-state index in [1.807, 2.05) is 25.1 Å². The van der Waals surface area contributed by atoms with Crippen LogP contribution < -0.4 is 0 Å². The van der Waals surface area contributed by atoms with Crippen molar-refractivity contribution in [3.05, 3.63) is 70.7 Å². The van der Waals surface area contributed by atoms with Crippen LogP contribution in [0.15, 0.2) is 54.6 Å². The monoisotopic (exact) mass is 388 g/mol. The number of hydrogen-bond donors (Lipinski definition) is 1. The zero-order valence-corrected chi connectivity index (χ0v) is 16.2. The molecule has 0 bridgehead atoms. The minimum absolute atomic E-state index is 0.167. The lowest BCUT2D eigenvalue weighted by Gasteiger charge is -2.41. The first-order valence-corrected chi connectivity index (χ1v) is 9.54. The van der Waals surface area contributed by atoms with Gasteiger partial charge in [-0.2, -0.15) is 0 Å². The molecule has 2 aromatic rings. The first-order chi connectivity index (χ1) is 13.0. The molecule has 1 aliphatic rings. The average Bonchev–Trinajstić information content (AvgIpc) is 2.69. The van der Waals surface area contributed by atoms with E-state index in [0.717, 1.165) is 31.2 Å². The molecule has 5 nitrogen and oxygen atoms in total. The second-order valence-electron chi connectivity index (χ2n) is 6.74. The molecular weight excluding hydrogens is 364 g/mol. The third kappa shape index (κ3) is 5.30. The summed E-state index contributed by atoms with van der Waals surface area (Å²) in [5.41, 5.74) is 2.47. The molecule has 1 saturated heterocycles. The van der Waals surface area contributed by atoms with Gasteiger partial charge in [0, 0.05) is 31.2 Å². The van der Waals surface area contributed by atoms with E-state index in [1.54, 1.807) is 0 Å². The van der Waals surface area contributed by atoms with Crippen molar-refractivity contribution in [1.82, 2.24) is 9.80 Å². The van der Waals surface area contributed by atoms with E-state index in [2.05, 4.69) is 46.2 Å². The smallest absolute Gasteiger partial charge is 0.329 e. The summed E-state index contributed by atoms with van der Waals surface area (Å²) in [6, 6.07) is 18.7. The quantitative estimate of drug-likeness (QED) is 0.786. The summed E-state index contributed by atoms with van der Waals surface area (Å²) < 4.78 is 5.41. The van der Waals surface area contributed by atoms with Crippen molar-refractivity contribution in [2.24, 2.45) is 0 Å². The molecule has 0 radical (unpaired) electrons. The van der Waals surface area contributed by atoms with Gasteiger partial charge >= 0.3 is 5.97 Å². The number of benzene rings is 2. The third-order valence-corrected chi connectivity index (χ3v) is 5.23. The molecule has 27 heavy (non-hydrogen) atoms. The van der Waals surface area contributed by atoms with Crippen LogP contribution in [0.1, 0.15) is 24.1 Å². The molecule has 3 rings (SSSR count). The fraction of sp³-hybridized carbons (Fsp3) is 0.381. The summed E-state index contributed by atoms with van der Waals surface area (Å²) >= 11 is 6.08. The summed E-state index contributed by atoms with van der Waals surface area (Å²) in [4.78, 5) is 15.3. The van der Waals surface area contributed by atoms with Gasteiger partial charge in [0.1, 0.15) is 12.8 Å². The first kappa shape index (κ1) is 19.8. The number of aliphatic carboxylic acids is 1. The van der Waals surface area contributed by atoms with Crippen LogP contribution in [0.3, 0.4) is 0 Å². The number of ether oxygens (including phenoxy) is 1. The van der Waals surface area contributed by atoms with Crippen LogP contribution in [-0.4, -0.2) is 59.9 Å². The highest BCUT2D eigenvalue weighted by atomic mass is 35.5. The minimum atomic E-state index is -0.938. The van der Waals surface area contributed by atoms with Gasteiger partial charge in [0.2, 0.25) is 0 Å². The molecule has 0 saturated carbocycles. The molecule has 0 aromatic heterocycles. The molecule has 2 aromatic carbocycles. The Kier molecular flexibility index (Phi) is 6.85. The van der Waals surface area contributed by atoms with Gasteiger partial charge < -0.3 is 9.84 Å². The van der Waals surface area contributed by atoms with Crippen LogP contribution >= 0.6 is 11.6 Å². The lowest BCUT2D eigenvalue weighted by atomic mass is 9.96. The molecule has 1 fully saturated rings. The van der Waals surface area contributed by atoms with Crippen LogP contribution in [-0.2, 0) is 9.53 Å². The number of rotatable bonds is 7. The maximum atomic E-state index is 10.7. The largest absolute Gasteiger partial charge is 0.480 e. The Labute approximate surface area is 165 Å². The highest BCUT2D eigenvalue weighted by Gasteiger charge is 2.28. The molecule has 1 heterocycles. The molecule has 0 amide bonds. The van der Waals surface area contributed by atoms with E-state index in [0.29, 0.717) is 0 Å². The molecule has 6 heteroatoms. The minimum Gasteiger partial charge on any atom is -0.480 e. The van der Waals surface area contributed by atoms with Gasteiger partial charge in [-0.25, -0.2) is 4.79 Å². The summed E-state index contributed by atoms with van der Waals surface area (Å²) in [6.07, 6.45) is -0.200. The highest BCUT2D eigenvalue weighted by molar-refractivity contribution is 6.30. The van der Waals surface area contributed by atoms with Crippen molar-refractivity contribution in [3.63, 3.8) is 0 Å². The van der Waals surface area contributed by atoms with Crippen molar-refractivity contribution in [1.29, 1.82) is 0 Å². The summed E-state index contributed by atoms with van der Waals surface area (Å²) in [5.74, 6) is -0.938.